The van der Waals surface area contributed by atoms with Gasteiger partial charge in [-0.3, -0.25) is 4.79 Å². The summed E-state index contributed by atoms with van der Waals surface area (Å²) in [5.74, 6) is -0.250. The molecule has 0 saturated heterocycles. The minimum atomic E-state index is -3.76. The highest BCUT2D eigenvalue weighted by molar-refractivity contribution is 7.89. The zero-order chi connectivity index (χ0) is 20.2. The van der Waals surface area contributed by atoms with Crippen LogP contribution in [0.1, 0.15) is 36.1 Å². The summed E-state index contributed by atoms with van der Waals surface area (Å²) < 4.78 is 28.0. The zero-order valence-electron chi connectivity index (χ0n) is 16.6. The van der Waals surface area contributed by atoms with Gasteiger partial charge in [0.05, 0.1) is 11.4 Å². The van der Waals surface area contributed by atoms with Crippen molar-refractivity contribution in [2.75, 3.05) is 6.54 Å². The van der Waals surface area contributed by atoms with Gasteiger partial charge in [-0.25, -0.2) is 13.1 Å². The second-order valence-electron chi connectivity index (χ2n) is 7.15. The lowest BCUT2D eigenvalue weighted by Gasteiger charge is -2.27. The van der Waals surface area contributed by atoms with Gasteiger partial charge < -0.3 is 4.90 Å². The van der Waals surface area contributed by atoms with Crippen molar-refractivity contribution in [2.45, 2.75) is 52.1 Å². The Kier molecular flexibility index (Phi) is 6.78. The summed E-state index contributed by atoms with van der Waals surface area (Å²) >= 11 is 0. The van der Waals surface area contributed by atoms with Gasteiger partial charge >= 0.3 is 0 Å². The molecule has 2 aromatic rings. The monoisotopic (exact) mass is 388 g/mol. The summed E-state index contributed by atoms with van der Waals surface area (Å²) in [4.78, 5) is 14.6. The molecule has 0 aliphatic carbocycles. The topological polar surface area (TPSA) is 66.5 Å². The van der Waals surface area contributed by atoms with Gasteiger partial charge in [0.2, 0.25) is 15.9 Å². The van der Waals surface area contributed by atoms with Crippen LogP contribution in [-0.2, 0) is 21.4 Å². The fourth-order valence-electron chi connectivity index (χ4n) is 3.26. The molecule has 146 valence electrons. The van der Waals surface area contributed by atoms with Crippen LogP contribution in [0.15, 0.2) is 47.4 Å². The number of amides is 1. The molecule has 1 N–H and O–H groups in total. The van der Waals surface area contributed by atoms with Crippen molar-refractivity contribution in [2.24, 2.45) is 0 Å². The van der Waals surface area contributed by atoms with Gasteiger partial charge in [-0.2, -0.15) is 0 Å². The molecule has 0 aromatic heterocycles. The van der Waals surface area contributed by atoms with E-state index in [-0.39, 0.29) is 23.4 Å². The van der Waals surface area contributed by atoms with E-state index >= 15 is 0 Å². The van der Waals surface area contributed by atoms with Gasteiger partial charge in [0, 0.05) is 12.6 Å². The largest absolute Gasteiger partial charge is 0.335 e. The molecule has 2 aromatic carbocycles. The minimum Gasteiger partial charge on any atom is -0.335 e. The number of nitrogens with zero attached hydrogens (tertiary/aromatic N) is 1. The maximum Gasteiger partial charge on any atom is 0.241 e. The fraction of sp³-hybridized carbons (Fsp3) is 0.381. The molecule has 27 heavy (non-hydrogen) atoms. The summed E-state index contributed by atoms with van der Waals surface area (Å²) in [6.45, 7) is 9.49. The molecule has 0 bridgehead atoms. The molecule has 0 atom stereocenters. The highest BCUT2D eigenvalue weighted by Gasteiger charge is 2.23. The number of aryl methyl sites for hydroxylation is 3. The summed E-state index contributed by atoms with van der Waals surface area (Å²) in [6.07, 6.45) is 0. The minimum absolute atomic E-state index is 0.0370. The second kappa shape index (κ2) is 8.67. The van der Waals surface area contributed by atoms with Crippen LogP contribution in [0.3, 0.4) is 0 Å². The summed E-state index contributed by atoms with van der Waals surface area (Å²) in [5.41, 5.74) is 3.37. The number of carbonyl (C=O) groups is 1. The molecular weight excluding hydrogens is 360 g/mol. The van der Waals surface area contributed by atoms with Crippen molar-refractivity contribution in [3.8, 4) is 0 Å². The lowest BCUT2D eigenvalue weighted by atomic mass is 10.1. The van der Waals surface area contributed by atoms with Gasteiger partial charge in [-0.05, 0) is 51.3 Å². The molecule has 2 rings (SSSR count). The molecule has 5 nitrogen and oxygen atoms in total. The van der Waals surface area contributed by atoms with Crippen molar-refractivity contribution in [3.05, 3.63) is 64.7 Å². The fourth-order valence-corrected chi connectivity index (χ4v) is 4.68. The normalized spacial score (nSPS) is 11.6. The average molecular weight is 389 g/mol. The molecule has 6 heteroatoms. The average Bonchev–Trinajstić information content (AvgIpc) is 2.57. The van der Waals surface area contributed by atoms with E-state index in [9.17, 15) is 13.2 Å². The van der Waals surface area contributed by atoms with E-state index in [0.29, 0.717) is 17.7 Å². The van der Waals surface area contributed by atoms with E-state index in [1.54, 1.807) is 18.7 Å². The maximum absolute atomic E-state index is 12.8. The third-order valence-corrected chi connectivity index (χ3v) is 6.13. The molecular formula is C21H28N2O3S. The van der Waals surface area contributed by atoms with Crippen LogP contribution < -0.4 is 4.72 Å². The number of carbonyl (C=O) groups excluding carboxylic acids is 1. The van der Waals surface area contributed by atoms with E-state index in [1.807, 2.05) is 63.2 Å². The van der Waals surface area contributed by atoms with Crippen molar-refractivity contribution in [1.82, 2.24) is 9.62 Å². The maximum atomic E-state index is 12.8. The van der Waals surface area contributed by atoms with Gasteiger partial charge in [-0.15, -0.1) is 0 Å². The lowest BCUT2D eigenvalue weighted by Crippen LogP contribution is -2.43. The SMILES string of the molecule is Cc1cc(C)c(S(=O)(=O)NCC(=O)N(Cc2ccccc2)C(C)C)c(C)c1. The molecule has 0 spiro atoms. The van der Waals surface area contributed by atoms with Gasteiger partial charge in [0.1, 0.15) is 0 Å². The summed E-state index contributed by atoms with van der Waals surface area (Å²) in [6, 6.07) is 13.3. The quantitative estimate of drug-likeness (QED) is 0.791. The van der Waals surface area contributed by atoms with Crippen molar-refractivity contribution < 1.29 is 13.2 Å². The van der Waals surface area contributed by atoms with Gasteiger partial charge in [0.25, 0.3) is 0 Å². The summed E-state index contributed by atoms with van der Waals surface area (Å²) in [5, 5.41) is 0. The van der Waals surface area contributed by atoms with Crippen molar-refractivity contribution in [1.29, 1.82) is 0 Å². The third kappa shape index (κ3) is 5.40. The van der Waals surface area contributed by atoms with E-state index in [0.717, 1.165) is 11.1 Å². The van der Waals surface area contributed by atoms with Crippen molar-refractivity contribution >= 4 is 15.9 Å². The zero-order valence-corrected chi connectivity index (χ0v) is 17.4. The van der Waals surface area contributed by atoms with Crippen LogP contribution in [0, 0.1) is 20.8 Å². The first-order valence-corrected chi connectivity index (χ1v) is 10.5. The van der Waals surface area contributed by atoms with Crippen LogP contribution >= 0.6 is 0 Å². The number of nitrogens with one attached hydrogen (secondary N) is 1. The molecule has 0 aliphatic heterocycles. The number of hydrogen-bond donors (Lipinski definition) is 1. The van der Waals surface area contributed by atoms with Gasteiger partial charge in [0.15, 0.2) is 0 Å². The highest BCUT2D eigenvalue weighted by atomic mass is 32.2. The Labute approximate surface area is 162 Å². The van der Waals surface area contributed by atoms with Crippen LogP contribution in [0.2, 0.25) is 0 Å². The van der Waals surface area contributed by atoms with E-state index < -0.39 is 10.0 Å². The van der Waals surface area contributed by atoms with E-state index in [1.165, 1.54) is 0 Å². The number of hydrogen-bond acceptors (Lipinski definition) is 3. The molecule has 1 amide bonds. The first-order valence-electron chi connectivity index (χ1n) is 9.02. The highest BCUT2D eigenvalue weighted by Crippen LogP contribution is 2.21. The smallest absolute Gasteiger partial charge is 0.241 e. The van der Waals surface area contributed by atoms with Crippen molar-refractivity contribution in [3.63, 3.8) is 0 Å². The molecule has 0 unspecified atom stereocenters. The molecule has 0 fully saturated rings. The number of benzene rings is 2. The van der Waals surface area contributed by atoms with E-state index in [4.69, 9.17) is 0 Å². The first-order chi connectivity index (χ1) is 12.6. The number of rotatable bonds is 7. The summed E-state index contributed by atoms with van der Waals surface area (Å²) in [7, 11) is -3.76. The Morgan fingerprint density at radius 3 is 2.11 bits per heavy atom. The molecule has 0 heterocycles. The van der Waals surface area contributed by atoms with Crippen LogP contribution in [-0.4, -0.2) is 31.8 Å². The van der Waals surface area contributed by atoms with Crippen LogP contribution in [0.25, 0.3) is 0 Å². The Morgan fingerprint density at radius 1 is 1.04 bits per heavy atom. The Hall–Kier alpha value is -2.18. The Balaban J connectivity index is 2.14. The predicted molar refractivity (Wildman–Crippen MR) is 108 cm³/mol. The molecule has 0 radical (unpaired) electrons. The second-order valence-corrected chi connectivity index (χ2v) is 8.86. The standard InChI is InChI=1S/C21H28N2O3S/c1-15(2)23(14-19-9-7-6-8-10-19)20(24)13-22-27(25,26)21-17(4)11-16(3)12-18(21)5/h6-12,15,22H,13-14H2,1-5H3. The predicted octanol–water partition coefficient (Wildman–Crippen LogP) is 3.33. The van der Waals surface area contributed by atoms with E-state index in [2.05, 4.69) is 4.72 Å². The van der Waals surface area contributed by atoms with Gasteiger partial charge in [-0.1, -0.05) is 48.0 Å². The number of sulfonamides is 1. The molecule has 0 saturated carbocycles. The third-order valence-electron chi connectivity index (χ3n) is 4.43. The first kappa shape index (κ1) is 21.1. The molecule has 0 aliphatic rings. The Morgan fingerprint density at radius 2 is 1.59 bits per heavy atom. The lowest BCUT2D eigenvalue weighted by molar-refractivity contribution is -0.132. The Bertz CT molecular complexity index is 883. The van der Waals surface area contributed by atoms with Crippen LogP contribution in [0.5, 0.6) is 0 Å². The van der Waals surface area contributed by atoms with Crippen LogP contribution in [0.4, 0.5) is 0 Å².